The third-order valence-corrected chi connectivity index (χ3v) is 10.5. The number of benzene rings is 7. The number of nitrogens with zero attached hydrogens (tertiary/aromatic N) is 3. The maximum absolute atomic E-state index is 5.32. The summed E-state index contributed by atoms with van der Waals surface area (Å²) >= 11 is 0. The molecule has 10 aromatic rings. The predicted octanol–water partition coefficient (Wildman–Crippen LogP) is 13.8. The minimum absolute atomic E-state index is 0.882. The van der Waals surface area contributed by atoms with Gasteiger partial charge in [-0.1, -0.05) is 182 Å². The van der Waals surface area contributed by atoms with E-state index in [2.05, 4.69) is 194 Å². The molecule has 3 nitrogen and oxygen atoms in total. The van der Waals surface area contributed by atoms with Gasteiger partial charge in [0.15, 0.2) is 0 Å². The lowest BCUT2D eigenvalue weighted by Gasteiger charge is -2.14. The SMILES string of the molecule is c1ccc(-c2ccc(-c3cc(-c4ccccc4)nc(-c4cccc(-c5cc(-c6ccccc6)nc6c5ccc5ccc(-c7ccccc7)nc56)c4)c3)cc2)cc1. The van der Waals surface area contributed by atoms with Crippen LogP contribution in [0.3, 0.4) is 0 Å². The van der Waals surface area contributed by atoms with Crippen LogP contribution in [0.15, 0.2) is 212 Å². The van der Waals surface area contributed by atoms with Gasteiger partial charge >= 0.3 is 0 Å². The Morgan fingerprint density at radius 2 is 0.679 bits per heavy atom. The summed E-state index contributed by atoms with van der Waals surface area (Å²) in [4.78, 5) is 15.8. The Balaban J connectivity index is 1.14. The van der Waals surface area contributed by atoms with Crippen molar-refractivity contribution in [2.75, 3.05) is 0 Å². The number of hydrogen-bond acceptors (Lipinski definition) is 3. The van der Waals surface area contributed by atoms with Gasteiger partial charge in [-0.3, -0.25) is 0 Å². The van der Waals surface area contributed by atoms with Crippen molar-refractivity contribution in [3.05, 3.63) is 212 Å². The van der Waals surface area contributed by atoms with Crippen LogP contribution >= 0.6 is 0 Å². The quantitative estimate of drug-likeness (QED) is 0.154. The molecule has 56 heavy (non-hydrogen) atoms. The molecule has 0 amide bonds. The molecule has 10 rings (SSSR count). The fourth-order valence-electron chi connectivity index (χ4n) is 7.57. The van der Waals surface area contributed by atoms with Crippen molar-refractivity contribution < 1.29 is 0 Å². The van der Waals surface area contributed by atoms with Gasteiger partial charge in [0.2, 0.25) is 0 Å². The van der Waals surface area contributed by atoms with E-state index in [4.69, 9.17) is 15.0 Å². The van der Waals surface area contributed by atoms with Gasteiger partial charge in [-0.25, -0.2) is 15.0 Å². The molecule has 0 atom stereocenters. The molecule has 262 valence electrons. The lowest BCUT2D eigenvalue weighted by atomic mass is 9.94. The smallest absolute Gasteiger partial charge is 0.0978 e. The summed E-state index contributed by atoms with van der Waals surface area (Å²) in [6.07, 6.45) is 0. The van der Waals surface area contributed by atoms with Crippen molar-refractivity contribution in [1.82, 2.24) is 15.0 Å². The molecule has 0 unspecified atom stereocenters. The lowest BCUT2D eigenvalue weighted by molar-refractivity contribution is 1.32. The Hall–Kier alpha value is -7.49. The zero-order chi connectivity index (χ0) is 37.3. The van der Waals surface area contributed by atoms with Crippen LogP contribution in [0.1, 0.15) is 0 Å². The molecule has 0 N–H and O–H groups in total. The Kier molecular flexibility index (Phi) is 8.51. The largest absolute Gasteiger partial charge is 0.248 e. The zero-order valence-electron chi connectivity index (χ0n) is 30.5. The summed E-state index contributed by atoms with van der Waals surface area (Å²) in [6.45, 7) is 0. The van der Waals surface area contributed by atoms with E-state index in [0.29, 0.717) is 0 Å². The van der Waals surface area contributed by atoms with Crippen molar-refractivity contribution in [1.29, 1.82) is 0 Å². The highest BCUT2D eigenvalue weighted by atomic mass is 14.8. The molecule has 0 fully saturated rings. The number of hydrogen-bond donors (Lipinski definition) is 0. The van der Waals surface area contributed by atoms with E-state index < -0.39 is 0 Å². The second-order valence-electron chi connectivity index (χ2n) is 14.0. The van der Waals surface area contributed by atoms with Crippen LogP contribution < -0.4 is 0 Å². The topological polar surface area (TPSA) is 38.7 Å². The van der Waals surface area contributed by atoms with E-state index >= 15 is 0 Å². The normalized spacial score (nSPS) is 11.2. The van der Waals surface area contributed by atoms with Gasteiger partial charge < -0.3 is 0 Å². The van der Waals surface area contributed by atoms with Crippen molar-refractivity contribution in [2.24, 2.45) is 0 Å². The van der Waals surface area contributed by atoms with Gasteiger partial charge in [0.05, 0.1) is 33.8 Å². The Morgan fingerprint density at radius 1 is 0.232 bits per heavy atom. The van der Waals surface area contributed by atoms with Gasteiger partial charge in [0.1, 0.15) is 0 Å². The summed E-state index contributed by atoms with van der Waals surface area (Å²) in [5.74, 6) is 0. The lowest BCUT2D eigenvalue weighted by Crippen LogP contribution is -1.94. The van der Waals surface area contributed by atoms with E-state index in [1.54, 1.807) is 0 Å². The molecule has 7 aromatic carbocycles. The maximum Gasteiger partial charge on any atom is 0.0978 e. The number of aromatic nitrogens is 3. The van der Waals surface area contributed by atoms with Crippen LogP contribution in [0.5, 0.6) is 0 Å². The minimum atomic E-state index is 0.882. The Labute approximate surface area is 326 Å². The van der Waals surface area contributed by atoms with E-state index in [1.807, 2.05) is 18.2 Å². The first-order valence-corrected chi connectivity index (χ1v) is 18.9. The van der Waals surface area contributed by atoms with E-state index in [-0.39, 0.29) is 0 Å². The molecular weight excluding hydrogens is 679 g/mol. The molecule has 0 spiro atoms. The minimum Gasteiger partial charge on any atom is -0.248 e. The Bertz CT molecular complexity index is 2980. The fraction of sp³-hybridized carbons (Fsp3) is 0. The summed E-state index contributed by atoms with van der Waals surface area (Å²) < 4.78 is 0. The average Bonchev–Trinajstić information content (AvgIpc) is 3.29. The van der Waals surface area contributed by atoms with E-state index in [1.165, 1.54) is 11.1 Å². The van der Waals surface area contributed by atoms with Crippen LogP contribution in [0.2, 0.25) is 0 Å². The second kappa shape index (κ2) is 14.4. The van der Waals surface area contributed by atoms with Gasteiger partial charge in [0, 0.05) is 33.0 Å². The molecule has 0 saturated carbocycles. The monoisotopic (exact) mass is 713 g/mol. The van der Waals surface area contributed by atoms with Crippen molar-refractivity contribution in [3.63, 3.8) is 0 Å². The fourth-order valence-corrected chi connectivity index (χ4v) is 7.57. The molecule has 0 aliphatic heterocycles. The maximum atomic E-state index is 5.32. The first kappa shape index (κ1) is 33.1. The number of fused-ring (bicyclic) bond motifs is 3. The van der Waals surface area contributed by atoms with Gasteiger partial charge in [-0.15, -0.1) is 0 Å². The number of pyridine rings is 3. The summed E-state index contributed by atoms with van der Waals surface area (Å²) in [5, 5.41) is 2.11. The summed E-state index contributed by atoms with van der Waals surface area (Å²) in [6, 6.07) is 74.5. The predicted molar refractivity (Wildman–Crippen MR) is 233 cm³/mol. The van der Waals surface area contributed by atoms with Crippen LogP contribution in [-0.2, 0) is 0 Å². The highest BCUT2D eigenvalue weighted by molar-refractivity contribution is 6.10. The van der Waals surface area contributed by atoms with E-state index in [9.17, 15) is 0 Å². The van der Waals surface area contributed by atoms with Gasteiger partial charge in [-0.05, 0) is 63.7 Å². The molecule has 3 heterocycles. The average molecular weight is 714 g/mol. The zero-order valence-corrected chi connectivity index (χ0v) is 30.5. The van der Waals surface area contributed by atoms with Crippen molar-refractivity contribution in [3.8, 4) is 78.4 Å². The molecule has 0 aliphatic carbocycles. The van der Waals surface area contributed by atoms with E-state index in [0.717, 1.165) is 89.1 Å². The molecular formula is C53H35N3. The van der Waals surface area contributed by atoms with Crippen LogP contribution in [0.4, 0.5) is 0 Å². The standard InChI is InChI=1S/C53H35N3/c1-5-14-36(15-6-1)37-24-26-38(27-25-37)45-33-49(40-18-9-3-10-19-40)54-50(34-45)44-23-13-22-43(32-44)47-35-51(41-20-11-4-12-21-41)56-53-46(47)30-28-42-29-31-48(55-52(42)53)39-16-7-2-8-17-39/h1-35H. The highest BCUT2D eigenvalue weighted by Crippen LogP contribution is 2.38. The third kappa shape index (κ3) is 6.42. The first-order valence-electron chi connectivity index (χ1n) is 18.9. The molecule has 0 aliphatic rings. The highest BCUT2D eigenvalue weighted by Gasteiger charge is 2.16. The number of rotatable bonds is 7. The summed E-state index contributed by atoms with van der Waals surface area (Å²) in [7, 11) is 0. The first-order chi connectivity index (χ1) is 27.7. The molecule has 0 bridgehead atoms. The molecule has 3 aromatic heterocycles. The van der Waals surface area contributed by atoms with Gasteiger partial charge in [0.25, 0.3) is 0 Å². The summed E-state index contributed by atoms with van der Waals surface area (Å²) in [5.41, 5.74) is 16.5. The Morgan fingerprint density at radius 3 is 1.30 bits per heavy atom. The molecule has 3 heteroatoms. The van der Waals surface area contributed by atoms with Crippen LogP contribution in [0, 0.1) is 0 Å². The third-order valence-electron chi connectivity index (χ3n) is 10.5. The van der Waals surface area contributed by atoms with Crippen LogP contribution in [-0.4, -0.2) is 15.0 Å². The van der Waals surface area contributed by atoms with Crippen molar-refractivity contribution >= 4 is 21.8 Å². The van der Waals surface area contributed by atoms with Crippen molar-refractivity contribution in [2.45, 2.75) is 0 Å². The molecule has 0 radical (unpaired) electrons. The van der Waals surface area contributed by atoms with Gasteiger partial charge in [-0.2, -0.15) is 0 Å². The molecule has 0 saturated heterocycles. The van der Waals surface area contributed by atoms with Crippen LogP contribution in [0.25, 0.3) is 100 Å². The second-order valence-corrected chi connectivity index (χ2v) is 14.0.